The van der Waals surface area contributed by atoms with E-state index in [-0.39, 0.29) is 6.42 Å². The van der Waals surface area contributed by atoms with Crippen LogP contribution < -0.4 is 10.6 Å². The van der Waals surface area contributed by atoms with Gasteiger partial charge in [-0.3, -0.25) is 0 Å². The van der Waals surface area contributed by atoms with E-state index < -0.39 is 42.0 Å². The van der Waals surface area contributed by atoms with Gasteiger partial charge >= 0.3 is 12.2 Å². The number of benzene rings is 1. The van der Waals surface area contributed by atoms with Crippen LogP contribution in [0.3, 0.4) is 0 Å². The Hall–Kier alpha value is -2.38. The van der Waals surface area contributed by atoms with E-state index in [1.165, 1.54) is 0 Å². The van der Waals surface area contributed by atoms with Gasteiger partial charge in [0.25, 0.3) is 0 Å². The minimum absolute atomic E-state index is 0.0994. The Labute approximate surface area is 145 Å². The Bertz CT molecular complexity index is 600. The molecule has 1 aromatic rings. The highest BCUT2D eigenvalue weighted by molar-refractivity contribution is 5.69. The Kier molecular flexibility index (Phi) is 6.34. The van der Waals surface area contributed by atoms with Crippen LogP contribution in [0.1, 0.15) is 26.3 Å². The van der Waals surface area contributed by atoms with Gasteiger partial charge in [0.05, 0.1) is 5.54 Å². The maximum atomic E-state index is 14.1. The molecule has 6 nitrogen and oxygen atoms in total. The van der Waals surface area contributed by atoms with Gasteiger partial charge < -0.3 is 20.8 Å². The second-order valence-corrected chi connectivity index (χ2v) is 7.03. The lowest BCUT2D eigenvalue weighted by molar-refractivity contribution is -0.00366. The molecule has 8 heteroatoms. The van der Waals surface area contributed by atoms with Crippen molar-refractivity contribution in [3.05, 3.63) is 35.9 Å². The predicted octanol–water partition coefficient (Wildman–Crippen LogP) is 3.23. The molecular weight excluding hydrogens is 334 g/mol. The first kappa shape index (κ1) is 20.7. The predicted molar refractivity (Wildman–Crippen MR) is 89.3 cm³/mol. The summed E-state index contributed by atoms with van der Waals surface area (Å²) in [5, 5.41) is 22.6. The largest absolute Gasteiger partial charge is 0.465 e. The molecule has 0 radical (unpaired) electrons. The third-order valence-electron chi connectivity index (χ3n) is 4.53. The molecule has 0 heterocycles. The summed E-state index contributed by atoms with van der Waals surface area (Å²) in [7, 11) is 0. The molecular formula is C17H24F2N2O4. The topological polar surface area (TPSA) is 98.7 Å². The number of amides is 2. The maximum Gasteiger partial charge on any atom is 0.405 e. The second kappa shape index (κ2) is 7.67. The van der Waals surface area contributed by atoms with Gasteiger partial charge in [-0.1, -0.05) is 51.1 Å². The highest BCUT2D eigenvalue weighted by Crippen LogP contribution is 2.42. The SMILES string of the molecule is CC(C)(C)C(Cc1ccccc1)(NC(=O)O)C(CF)(CF)NC(=O)O. The van der Waals surface area contributed by atoms with Gasteiger partial charge in [-0.25, -0.2) is 18.4 Å². The van der Waals surface area contributed by atoms with Crippen molar-refractivity contribution in [2.45, 2.75) is 38.3 Å². The first-order valence-corrected chi connectivity index (χ1v) is 7.71. The third kappa shape index (κ3) is 4.18. The van der Waals surface area contributed by atoms with Gasteiger partial charge in [0.15, 0.2) is 0 Å². The van der Waals surface area contributed by atoms with E-state index in [2.05, 4.69) is 5.32 Å². The summed E-state index contributed by atoms with van der Waals surface area (Å²) in [6, 6.07) is 8.54. The van der Waals surface area contributed by atoms with E-state index in [1.54, 1.807) is 51.1 Å². The number of hydrogen-bond acceptors (Lipinski definition) is 2. The number of carbonyl (C=O) groups is 2. The van der Waals surface area contributed by atoms with Gasteiger partial charge in [-0.15, -0.1) is 0 Å². The maximum absolute atomic E-state index is 14.1. The Balaban J connectivity index is 3.66. The Morgan fingerprint density at radius 2 is 1.44 bits per heavy atom. The molecule has 0 saturated heterocycles. The smallest absolute Gasteiger partial charge is 0.405 e. The molecule has 0 aromatic heterocycles. The summed E-state index contributed by atoms with van der Waals surface area (Å²) in [5.74, 6) is 0. The fourth-order valence-corrected chi connectivity index (χ4v) is 3.23. The number of hydrogen-bond donors (Lipinski definition) is 4. The van der Waals surface area contributed by atoms with Crippen LogP contribution in [-0.2, 0) is 6.42 Å². The molecule has 0 spiro atoms. The van der Waals surface area contributed by atoms with Gasteiger partial charge in [0.1, 0.15) is 18.9 Å². The van der Waals surface area contributed by atoms with Gasteiger partial charge in [0.2, 0.25) is 0 Å². The molecule has 1 aromatic carbocycles. The number of alkyl halides is 2. The number of nitrogens with one attached hydrogen (secondary N) is 2. The van der Waals surface area contributed by atoms with Crippen LogP contribution in [0.5, 0.6) is 0 Å². The van der Waals surface area contributed by atoms with Crippen molar-refractivity contribution in [2.24, 2.45) is 5.41 Å². The van der Waals surface area contributed by atoms with Gasteiger partial charge in [0, 0.05) is 0 Å². The minimum Gasteiger partial charge on any atom is -0.465 e. The molecule has 1 rings (SSSR count). The van der Waals surface area contributed by atoms with Gasteiger partial charge in [-0.05, 0) is 17.4 Å². The summed E-state index contributed by atoms with van der Waals surface area (Å²) < 4.78 is 28.1. The van der Waals surface area contributed by atoms with Crippen molar-refractivity contribution < 1.29 is 28.6 Å². The lowest BCUT2D eigenvalue weighted by Crippen LogP contribution is -2.78. The van der Waals surface area contributed by atoms with Crippen LogP contribution in [0.2, 0.25) is 0 Å². The molecule has 140 valence electrons. The molecule has 0 fully saturated rings. The van der Waals surface area contributed by atoms with Crippen LogP contribution in [0.25, 0.3) is 0 Å². The fraction of sp³-hybridized carbons (Fsp3) is 0.529. The van der Waals surface area contributed by atoms with E-state index in [1.807, 2.05) is 5.32 Å². The lowest BCUT2D eigenvalue weighted by Gasteiger charge is -2.55. The average molecular weight is 358 g/mol. The summed E-state index contributed by atoms with van der Waals surface area (Å²) in [4.78, 5) is 22.7. The summed E-state index contributed by atoms with van der Waals surface area (Å²) in [6.07, 6.45) is -3.23. The zero-order chi connectivity index (χ0) is 19.3. The van der Waals surface area contributed by atoms with Crippen LogP contribution in [0.15, 0.2) is 30.3 Å². The minimum atomic E-state index is -2.29. The van der Waals surface area contributed by atoms with Gasteiger partial charge in [-0.2, -0.15) is 0 Å². The standard InChI is InChI=1S/C17H24F2N2O4/c1-15(2,3)17(21-14(24)25,9-12-7-5-4-6-8-12)16(10-18,11-19)20-13(22)23/h4-8,20-21H,9-11H2,1-3H3,(H,22,23)(H,24,25). The Morgan fingerprint density at radius 3 is 1.80 bits per heavy atom. The molecule has 2 amide bonds. The fourth-order valence-electron chi connectivity index (χ4n) is 3.23. The van der Waals surface area contributed by atoms with Crippen molar-refractivity contribution >= 4 is 12.2 Å². The lowest BCUT2D eigenvalue weighted by atomic mass is 9.60. The number of halogens is 2. The quantitative estimate of drug-likeness (QED) is 0.601. The summed E-state index contributed by atoms with van der Waals surface area (Å²) in [6.45, 7) is 1.99. The van der Waals surface area contributed by atoms with Crippen LogP contribution in [-0.4, -0.2) is 46.8 Å². The van der Waals surface area contributed by atoms with E-state index in [0.29, 0.717) is 5.56 Å². The molecule has 0 aliphatic rings. The van der Waals surface area contributed by atoms with Crippen LogP contribution in [0.4, 0.5) is 18.4 Å². The number of rotatable bonds is 7. The molecule has 1 atom stereocenters. The highest BCUT2D eigenvalue weighted by atomic mass is 19.1. The van der Waals surface area contributed by atoms with Crippen LogP contribution >= 0.6 is 0 Å². The average Bonchev–Trinajstić information content (AvgIpc) is 2.51. The first-order chi connectivity index (χ1) is 11.5. The second-order valence-electron chi connectivity index (χ2n) is 7.03. The van der Waals surface area contributed by atoms with E-state index in [9.17, 15) is 23.5 Å². The van der Waals surface area contributed by atoms with Crippen molar-refractivity contribution in [1.29, 1.82) is 0 Å². The van der Waals surface area contributed by atoms with Crippen molar-refractivity contribution in [3.63, 3.8) is 0 Å². The molecule has 0 aliphatic heterocycles. The zero-order valence-electron chi connectivity index (χ0n) is 14.5. The van der Waals surface area contributed by atoms with E-state index >= 15 is 0 Å². The van der Waals surface area contributed by atoms with Crippen molar-refractivity contribution in [2.75, 3.05) is 13.3 Å². The summed E-state index contributed by atoms with van der Waals surface area (Å²) in [5.41, 5.74) is -4.48. The van der Waals surface area contributed by atoms with Crippen molar-refractivity contribution in [1.82, 2.24) is 10.6 Å². The number of carboxylic acid groups (broad SMARTS) is 2. The zero-order valence-corrected chi connectivity index (χ0v) is 14.5. The van der Waals surface area contributed by atoms with Crippen molar-refractivity contribution in [3.8, 4) is 0 Å². The van der Waals surface area contributed by atoms with E-state index in [4.69, 9.17) is 5.11 Å². The molecule has 1 unspecified atom stereocenters. The molecule has 0 aliphatic carbocycles. The molecule has 0 saturated carbocycles. The molecule has 0 bridgehead atoms. The van der Waals surface area contributed by atoms with E-state index in [0.717, 1.165) is 0 Å². The highest BCUT2D eigenvalue weighted by Gasteiger charge is 2.60. The Morgan fingerprint density at radius 1 is 0.960 bits per heavy atom. The summed E-state index contributed by atoms with van der Waals surface area (Å²) >= 11 is 0. The molecule has 4 N–H and O–H groups in total. The normalized spacial score (nSPS) is 14.4. The molecule has 25 heavy (non-hydrogen) atoms. The third-order valence-corrected chi connectivity index (χ3v) is 4.53. The van der Waals surface area contributed by atoms with Crippen LogP contribution in [0, 0.1) is 5.41 Å². The first-order valence-electron chi connectivity index (χ1n) is 7.71. The monoisotopic (exact) mass is 358 g/mol.